The molecule has 7 nitrogen and oxygen atoms in total. The van der Waals surface area contributed by atoms with Crippen molar-refractivity contribution in [1.29, 1.82) is 0 Å². The van der Waals surface area contributed by atoms with Gasteiger partial charge >= 0.3 is 0 Å². The van der Waals surface area contributed by atoms with Crippen molar-refractivity contribution >= 4 is 23.1 Å². The molecule has 1 fully saturated rings. The van der Waals surface area contributed by atoms with Crippen LogP contribution in [0.5, 0.6) is 11.5 Å². The van der Waals surface area contributed by atoms with Gasteiger partial charge < -0.3 is 19.3 Å². The Bertz CT molecular complexity index is 1040. The van der Waals surface area contributed by atoms with Crippen LogP contribution in [0.4, 0.5) is 5.69 Å². The molecule has 0 N–H and O–H groups in total. The van der Waals surface area contributed by atoms with Gasteiger partial charge in [0, 0.05) is 18.7 Å². The molecule has 0 radical (unpaired) electrons. The molecule has 0 aliphatic carbocycles. The number of hydrogen-bond acceptors (Lipinski definition) is 6. The van der Waals surface area contributed by atoms with Gasteiger partial charge in [-0.25, -0.2) is 4.90 Å². The molecule has 2 heterocycles. The van der Waals surface area contributed by atoms with Crippen LogP contribution < -0.4 is 14.4 Å². The van der Waals surface area contributed by atoms with Crippen molar-refractivity contribution < 1.29 is 19.1 Å². The van der Waals surface area contributed by atoms with Crippen LogP contribution in [0.1, 0.15) is 18.4 Å². The predicted octanol–water partition coefficient (Wildman–Crippen LogP) is 3.01. The Kier molecular flexibility index (Phi) is 6.19. The predicted molar refractivity (Wildman–Crippen MR) is 124 cm³/mol. The highest BCUT2D eigenvalue weighted by atomic mass is 16.5. The number of benzene rings is 2. The maximum Gasteiger partial charge on any atom is 0.282 e. The van der Waals surface area contributed by atoms with E-state index in [4.69, 9.17) is 9.47 Å². The highest BCUT2D eigenvalue weighted by molar-refractivity contribution is 6.45. The Hall–Kier alpha value is -3.32. The molecule has 0 saturated carbocycles. The van der Waals surface area contributed by atoms with Gasteiger partial charge in [-0.15, -0.1) is 0 Å². The summed E-state index contributed by atoms with van der Waals surface area (Å²) >= 11 is 0. The van der Waals surface area contributed by atoms with Crippen molar-refractivity contribution in [3.63, 3.8) is 0 Å². The molecule has 7 heteroatoms. The lowest BCUT2D eigenvalue weighted by molar-refractivity contribution is -0.120. The third-order valence-electron chi connectivity index (χ3n) is 6.35. The molecule has 2 aliphatic rings. The second kappa shape index (κ2) is 9.04. The molecule has 32 heavy (non-hydrogen) atoms. The van der Waals surface area contributed by atoms with E-state index >= 15 is 0 Å². The first-order valence-electron chi connectivity index (χ1n) is 10.8. The Morgan fingerprint density at radius 2 is 1.56 bits per heavy atom. The van der Waals surface area contributed by atoms with Gasteiger partial charge in [0.15, 0.2) is 0 Å². The zero-order valence-electron chi connectivity index (χ0n) is 19.0. The monoisotopic (exact) mass is 435 g/mol. The van der Waals surface area contributed by atoms with Gasteiger partial charge in [-0.2, -0.15) is 0 Å². The molecule has 0 unspecified atom stereocenters. The molecule has 4 rings (SSSR count). The summed E-state index contributed by atoms with van der Waals surface area (Å²) in [5.41, 5.74) is 1.94. The van der Waals surface area contributed by atoms with E-state index in [0.29, 0.717) is 34.0 Å². The molecule has 2 amide bonds. The number of imide groups is 1. The average Bonchev–Trinajstić information content (AvgIpc) is 3.08. The maximum absolute atomic E-state index is 13.7. The molecule has 0 spiro atoms. The van der Waals surface area contributed by atoms with Crippen LogP contribution in [0.25, 0.3) is 5.57 Å². The number of likely N-dealkylation sites (tertiary alicyclic amines) is 1. The second-order valence-electron chi connectivity index (χ2n) is 8.21. The van der Waals surface area contributed by atoms with E-state index in [1.165, 1.54) is 4.90 Å². The fourth-order valence-corrected chi connectivity index (χ4v) is 4.47. The van der Waals surface area contributed by atoms with E-state index in [-0.39, 0.29) is 17.9 Å². The van der Waals surface area contributed by atoms with Crippen LogP contribution in [-0.2, 0) is 9.59 Å². The van der Waals surface area contributed by atoms with Gasteiger partial charge in [0.1, 0.15) is 17.2 Å². The zero-order chi connectivity index (χ0) is 22.8. The van der Waals surface area contributed by atoms with Crippen molar-refractivity contribution in [2.75, 3.05) is 46.3 Å². The van der Waals surface area contributed by atoms with E-state index in [9.17, 15) is 9.59 Å². The van der Waals surface area contributed by atoms with Gasteiger partial charge in [-0.3, -0.25) is 9.59 Å². The van der Waals surface area contributed by atoms with Crippen molar-refractivity contribution in [2.24, 2.45) is 0 Å². The SMILES string of the molecule is COc1ccc(N2C(=O)C(c3ccccc3OC)=C(N(C)C3CCN(C)CC3)C2=O)cc1. The second-order valence-corrected chi connectivity index (χ2v) is 8.21. The third-order valence-corrected chi connectivity index (χ3v) is 6.35. The molecule has 0 aromatic heterocycles. The van der Waals surface area contributed by atoms with E-state index in [1.807, 2.05) is 36.2 Å². The zero-order valence-corrected chi connectivity index (χ0v) is 19.0. The summed E-state index contributed by atoms with van der Waals surface area (Å²) in [5, 5.41) is 0. The maximum atomic E-state index is 13.7. The Morgan fingerprint density at radius 3 is 2.19 bits per heavy atom. The van der Waals surface area contributed by atoms with Crippen LogP contribution in [0, 0.1) is 0 Å². The van der Waals surface area contributed by atoms with Crippen molar-refractivity contribution in [2.45, 2.75) is 18.9 Å². The summed E-state index contributed by atoms with van der Waals surface area (Å²) in [5.74, 6) is 0.561. The summed E-state index contributed by atoms with van der Waals surface area (Å²) in [7, 11) is 7.17. The Labute approximate surface area is 188 Å². The molecule has 0 bridgehead atoms. The molecular weight excluding hydrogens is 406 g/mol. The number of rotatable bonds is 6. The third kappa shape index (κ3) is 3.84. The van der Waals surface area contributed by atoms with Gasteiger partial charge in [0.2, 0.25) is 0 Å². The summed E-state index contributed by atoms with van der Waals surface area (Å²) in [6.07, 6.45) is 1.86. The molecule has 0 atom stereocenters. The number of para-hydroxylation sites is 1. The standard InChI is InChI=1S/C25H29N3O4/c1-26-15-13-17(14-16-26)27(2)23-22(20-7-5-6-8-21(20)32-4)24(29)28(25(23)30)18-9-11-19(31-3)12-10-18/h5-12,17H,13-16H2,1-4H3. The first-order chi connectivity index (χ1) is 15.5. The minimum absolute atomic E-state index is 0.179. The van der Waals surface area contributed by atoms with Crippen LogP contribution >= 0.6 is 0 Å². The topological polar surface area (TPSA) is 62.3 Å². The van der Waals surface area contributed by atoms with E-state index in [2.05, 4.69) is 11.9 Å². The van der Waals surface area contributed by atoms with E-state index in [1.54, 1.807) is 38.5 Å². The number of anilines is 1. The number of piperidine rings is 1. The van der Waals surface area contributed by atoms with Gasteiger partial charge in [-0.05, 0) is 63.3 Å². The van der Waals surface area contributed by atoms with Gasteiger partial charge in [0.05, 0.1) is 25.5 Å². The molecule has 1 saturated heterocycles. The highest BCUT2D eigenvalue weighted by Gasteiger charge is 2.44. The average molecular weight is 436 g/mol. The van der Waals surface area contributed by atoms with Crippen molar-refractivity contribution in [1.82, 2.24) is 9.80 Å². The van der Waals surface area contributed by atoms with Crippen LogP contribution in [0.15, 0.2) is 54.2 Å². The molecule has 2 aliphatic heterocycles. The number of hydrogen-bond donors (Lipinski definition) is 0. The van der Waals surface area contributed by atoms with E-state index < -0.39 is 0 Å². The summed E-state index contributed by atoms with van der Waals surface area (Å²) in [6, 6.07) is 14.5. The molecule has 2 aromatic rings. The Morgan fingerprint density at radius 1 is 0.906 bits per heavy atom. The summed E-state index contributed by atoms with van der Waals surface area (Å²) in [4.78, 5) is 33.0. The van der Waals surface area contributed by atoms with Crippen molar-refractivity contribution in [3.8, 4) is 11.5 Å². The van der Waals surface area contributed by atoms with Crippen LogP contribution in [-0.4, -0.2) is 69.1 Å². The Balaban J connectivity index is 1.80. The first kappa shape index (κ1) is 21.9. The quantitative estimate of drug-likeness (QED) is 0.650. The molecule has 2 aromatic carbocycles. The fourth-order valence-electron chi connectivity index (χ4n) is 4.47. The largest absolute Gasteiger partial charge is 0.497 e. The lowest BCUT2D eigenvalue weighted by Gasteiger charge is -2.36. The number of likely N-dealkylation sites (N-methyl/N-ethyl adjacent to an activating group) is 1. The highest BCUT2D eigenvalue weighted by Crippen LogP contribution is 2.39. The summed E-state index contributed by atoms with van der Waals surface area (Å²) < 4.78 is 10.8. The van der Waals surface area contributed by atoms with Crippen LogP contribution in [0.3, 0.4) is 0 Å². The molecular formula is C25H29N3O4. The van der Waals surface area contributed by atoms with Crippen molar-refractivity contribution in [3.05, 3.63) is 59.8 Å². The lowest BCUT2D eigenvalue weighted by atomic mass is 9.99. The first-order valence-corrected chi connectivity index (χ1v) is 10.8. The normalized spacial score (nSPS) is 17.8. The van der Waals surface area contributed by atoms with Gasteiger partial charge in [0.25, 0.3) is 11.8 Å². The summed E-state index contributed by atoms with van der Waals surface area (Å²) in [6.45, 7) is 1.91. The fraction of sp³-hybridized carbons (Fsp3) is 0.360. The van der Waals surface area contributed by atoms with E-state index in [0.717, 1.165) is 25.9 Å². The number of carbonyl (C=O) groups is 2. The lowest BCUT2D eigenvalue weighted by Crippen LogP contribution is -2.43. The number of nitrogens with zero attached hydrogens (tertiary/aromatic N) is 3. The number of methoxy groups -OCH3 is 2. The smallest absolute Gasteiger partial charge is 0.282 e. The molecule has 168 valence electrons. The van der Waals surface area contributed by atoms with Gasteiger partial charge in [-0.1, -0.05) is 18.2 Å². The number of carbonyl (C=O) groups excluding carboxylic acids is 2. The number of ether oxygens (including phenoxy) is 2. The van der Waals surface area contributed by atoms with Crippen LogP contribution in [0.2, 0.25) is 0 Å². The minimum Gasteiger partial charge on any atom is -0.497 e. The minimum atomic E-state index is -0.348. The number of amides is 2.